The van der Waals surface area contributed by atoms with Crippen LogP contribution in [0.25, 0.3) is 0 Å². The van der Waals surface area contributed by atoms with Gasteiger partial charge in [-0.05, 0) is 6.92 Å². The van der Waals surface area contributed by atoms with Crippen molar-refractivity contribution in [3.63, 3.8) is 0 Å². The Morgan fingerprint density at radius 1 is 1.50 bits per heavy atom. The monoisotopic (exact) mass is 185 g/mol. The van der Waals surface area contributed by atoms with E-state index in [2.05, 4.69) is 9.97 Å². The summed E-state index contributed by atoms with van der Waals surface area (Å²) in [7, 11) is 3.82. The van der Waals surface area contributed by atoms with Crippen LogP contribution >= 0.6 is 11.6 Å². The number of nitrogens with zero attached hydrogens (tertiary/aromatic N) is 3. The third-order valence-electron chi connectivity index (χ3n) is 1.61. The molecular weight excluding hydrogens is 174 g/mol. The summed E-state index contributed by atoms with van der Waals surface area (Å²) in [6, 6.07) is 0. The van der Waals surface area contributed by atoms with Gasteiger partial charge in [-0.25, -0.2) is 9.97 Å². The molecule has 66 valence electrons. The van der Waals surface area contributed by atoms with E-state index < -0.39 is 0 Å². The van der Waals surface area contributed by atoms with Crippen molar-refractivity contribution < 1.29 is 0 Å². The summed E-state index contributed by atoms with van der Waals surface area (Å²) in [5, 5.41) is 0. The van der Waals surface area contributed by atoms with Gasteiger partial charge in [-0.3, -0.25) is 0 Å². The second-order valence-electron chi connectivity index (χ2n) is 2.81. The zero-order valence-electron chi connectivity index (χ0n) is 7.50. The molecule has 0 amide bonds. The summed E-state index contributed by atoms with van der Waals surface area (Å²) < 4.78 is 0. The van der Waals surface area contributed by atoms with Gasteiger partial charge < -0.3 is 4.90 Å². The molecule has 0 N–H and O–H groups in total. The quantitative estimate of drug-likeness (QED) is 0.656. The second-order valence-corrected chi connectivity index (χ2v) is 3.08. The van der Waals surface area contributed by atoms with Crippen LogP contribution in [0.5, 0.6) is 0 Å². The normalized spacial score (nSPS) is 10.0. The minimum atomic E-state index is 0.472. The van der Waals surface area contributed by atoms with Crippen LogP contribution in [0.2, 0.25) is 0 Å². The molecule has 0 saturated heterocycles. The summed E-state index contributed by atoms with van der Waals surface area (Å²) in [6.07, 6.45) is 1.77. The van der Waals surface area contributed by atoms with Crippen molar-refractivity contribution >= 4 is 17.5 Å². The molecule has 4 heteroatoms. The fraction of sp³-hybridized carbons (Fsp3) is 0.500. The first-order valence-corrected chi connectivity index (χ1v) is 4.24. The minimum Gasteiger partial charge on any atom is -0.347 e. The topological polar surface area (TPSA) is 29.0 Å². The third-order valence-corrected chi connectivity index (χ3v) is 1.90. The Balaban J connectivity index is 3.02. The molecule has 1 aromatic heterocycles. The van der Waals surface area contributed by atoms with Crippen molar-refractivity contribution in [2.45, 2.75) is 12.8 Å². The molecule has 0 saturated carbocycles. The number of alkyl halides is 1. The van der Waals surface area contributed by atoms with E-state index in [0.29, 0.717) is 5.88 Å². The molecule has 0 unspecified atom stereocenters. The molecule has 3 nitrogen and oxygen atoms in total. The van der Waals surface area contributed by atoms with Crippen LogP contribution in [0.15, 0.2) is 6.20 Å². The number of anilines is 1. The van der Waals surface area contributed by atoms with Gasteiger partial charge in [-0.2, -0.15) is 0 Å². The van der Waals surface area contributed by atoms with E-state index in [4.69, 9.17) is 11.6 Å². The van der Waals surface area contributed by atoms with Crippen molar-refractivity contribution in [3.05, 3.63) is 17.5 Å². The Bertz CT molecular complexity index is 273. The molecule has 0 bridgehead atoms. The van der Waals surface area contributed by atoms with E-state index in [0.717, 1.165) is 17.2 Å². The molecule has 0 aliphatic rings. The summed E-state index contributed by atoms with van der Waals surface area (Å²) >= 11 is 5.67. The standard InChI is InChI=1S/C8H12ClN3/c1-6-7(4-9)5-10-8(11-6)12(2)3/h5H,4H2,1-3H3. The molecule has 1 aromatic rings. The first kappa shape index (κ1) is 9.26. The second kappa shape index (κ2) is 3.72. The van der Waals surface area contributed by atoms with Gasteiger partial charge in [0.25, 0.3) is 0 Å². The van der Waals surface area contributed by atoms with Crippen LogP contribution in [0.1, 0.15) is 11.3 Å². The molecule has 1 heterocycles. The highest BCUT2D eigenvalue weighted by Crippen LogP contribution is 2.10. The van der Waals surface area contributed by atoms with Gasteiger partial charge in [0.15, 0.2) is 0 Å². The number of hydrogen-bond donors (Lipinski definition) is 0. The lowest BCUT2D eigenvalue weighted by molar-refractivity contribution is 0.959. The van der Waals surface area contributed by atoms with E-state index in [1.165, 1.54) is 0 Å². The molecule has 0 fully saturated rings. The molecule has 0 radical (unpaired) electrons. The lowest BCUT2D eigenvalue weighted by Gasteiger charge is -2.10. The van der Waals surface area contributed by atoms with Crippen molar-refractivity contribution in [3.8, 4) is 0 Å². The predicted octanol–water partition coefficient (Wildman–Crippen LogP) is 1.59. The highest BCUT2D eigenvalue weighted by atomic mass is 35.5. The summed E-state index contributed by atoms with van der Waals surface area (Å²) in [4.78, 5) is 10.3. The lowest BCUT2D eigenvalue weighted by Crippen LogP contribution is -2.13. The Hall–Kier alpha value is -0.830. The maximum absolute atomic E-state index is 5.67. The number of aromatic nitrogens is 2. The van der Waals surface area contributed by atoms with Gasteiger partial charge in [0, 0.05) is 31.5 Å². The average molecular weight is 186 g/mol. The molecule has 0 aliphatic heterocycles. The minimum absolute atomic E-state index is 0.472. The highest BCUT2D eigenvalue weighted by Gasteiger charge is 2.02. The van der Waals surface area contributed by atoms with Gasteiger partial charge in [0.1, 0.15) is 0 Å². The van der Waals surface area contributed by atoms with Crippen LogP contribution in [0.4, 0.5) is 5.95 Å². The number of rotatable bonds is 2. The van der Waals surface area contributed by atoms with Gasteiger partial charge in [0.2, 0.25) is 5.95 Å². The average Bonchev–Trinajstić information content (AvgIpc) is 2.04. The maximum atomic E-state index is 5.67. The molecule has 0 atom stereocenters. The molecule has 0 spiro atoms. The van der Waals surface area contributed by atoms with Crippen LogP contribution in [0.3, 0.4) is 0 Å². The smallest absolute Gasteiger partial charge is 0.224 e. The first-order chi connectivity index (χ1) is 5.65. The van der Waals surface area contributed by atoms with E-state index in [-0.39, 0.29) is 0 Å². The number of halogens is 1. The van der Waals surface area contributed by atoms with Gasteiger partial charge in [-0.15, -0.1) is 11.6 Å². The molecule has 1 rings (SSSR count). The Kier molecular flexibility index (Phi) is 2.87. The zero-order chi connectivity index (χ0) is 9.14. The molecule has 0 aromatic carbocycles. The van der Waals surface area contributed by atoms with Crippen LogP contribution in [-0.4, -0.2) is 24.1 Å². The Morgan fingerprint density at radius 3 is 2.58 bits per heavy atom. The molecular formula is C8H12ClN3. The van der Waals surface area contributed by atoms with Crippen molar-refractivity contribution in [2.75, 3.05) is 19.0 Å². The fourth-order valence-corrected chi connectivity index (χ4v) is 1.09. The first-order valence-electron chi connectivity index (χ1n) is 3.71. The lowest BCUT2D eigenvalue weighted by atomic mass is 10.3. The van der Waals surface area contributed by atoms with Crippen LogP contribution < -0.4 is 4.90 Å². The summed E-state index contributed by atoms with van der Waals surface area (Å²) in [5.41, 5.74) is 1.94. The van der Waals surface area contributed by atoms with E-state index in [9.17, 15) is 0 Å². The van der Waals surface area contributed by atoms with Crippen molar-refractivity contribution in [2.24, 2.45) is 0 Å². The maximum Gasteiger partial charge on any atom is 0.224 e. The Labute approximate surface area is 77.4 Å². The van der Waals surface area contributed by atoms with Gasteiger partial charge >= 0.3 is 0 Å². The van der Waals surface area contributed by atoms with Crippen LogP contribution in [0, 0.1) is 6.92 Å². The zero-order valence-corrected chi connectivity index (χ0v) is 8.26. The van der Waals surface area contributed by atoms with Crippen molar-refractivity contribution in [1.29, 1.82) is 0 Å². The summed E-state index contributed by atoms with van der Waals surface area (Å²) in [6.45, 7) is 1.94. The largest absolute Gasteiger partial charge is 0.347 e. The third kappa shape index (κ3) is 1.85. The van der Waals surface area contributed by atoms with Gasteiger partial charge in [0.05, 0.1) is 5.88 Å². The predicted molar refractivity (Wildman–Crippen MR) is 50.7 cm³/mol. The van der Waals surface area contributed by atoms with Crippen molar-refractivity contribution in [1.82, 2.24) is 9.97 Å². The molecule has 12 heavy (non-hydrogen) atoms. The SMILES string of the molecule is Cc1nc(N(C)C)ncc1CCl. The number of hydrogen-bond acceptors (Lipinski definition) is 3. The van der Waals surface area contributed by atoms with Gasteiger partial charge in [-0.1, -0.05) is 0 Å². The highest BCUT2D eigenvalue weighted by molar-refractivity contribution is 6.17. The van der Waals surface area contributed by atoms with Crippen LogP contribution in [-0.2, 0) is 5.88 Å². The fourth-order valence-electron chi connectivity index (χ4n) is 0.826. The Morgan fingerprint density at radius 2 is 2.17 bits per heavy atom. The van der Waals surface area contributed by atoms with E-state index in [1.807, 2.05) is 25.9 Å². The summed E-state index contributed by atoms with van der Waals surface area (Å²) in [5.74, 6) is 1.20. The molecule has 0 aliphatic carbocycles. The van der Waals surface area contributed by atoms with E-state index in [1.54, 1.807) is 6.20 Å². The van der Waals surface area contributed by atoms with E-state index >= 15 is 0 Å². The number of aryl methyl sites for hydroxylation is 1.